The molecule has 2 aliphatic heterocycles. The highest BCUT2D eigenvalue weighted by atomic mass is 16.3. The van der Waals surface area contributed by atoms with Crippen LogP contribution >= 0.6 is 0 Å². The van der Waals surface area contributed by atoms with E-state index in [4.69, 9.17) is 0 Å². The summed E-state index contributed by atoms with van der Waals surface area (Å²) in [5, 5.41) is 9.69. The van der Waals surface area contributed by atoms with Crippen LogP contribution in [0.3, 0.4) is 0 Å². The number of hydrogen-bond acceptors (Lipinski definition) is 4. The lowest BCUT2D eigenvalue weighted by atomic mass is 10.1. The molecule has 0 radical (unpaired) electrons. The van der Waals surface area contributed by atoms with Gasteiger partial charge in [0.15, 0.2) is 0 Å². The van der Waals surface area contributed by atoms with E-state index in [0.717, 1.165) is 24.5 Å². The van der Waals surface area contributed by atoms with Crippen LogP contribution in [0.15, 0.2) is 18.3 Å². The standard InChI is InChI=1S/C16H25N3O/c1-13(20)14-5-7-17-16(11-14)19-10-6-15(12-19)18-8-3-2-4-9-18/h5,7,11,13,15,20H,2-4,6,8-10,12H2,1H3/t13-,15?/m1/s1. The lowest BCUT2D eigenvalue weighted by Crippen LogP contribution is -2.40. The van der Waals surface area contributed by atoms with Gasteiger partial charge in [0.25, 0.3) is 0 Å². The second kappa shape index (κ2) is 6.10. The molecule has 0 aromatic carbocycles. The number of aromatic nitrogens is 1. The van der Waals surface area contributed by atoms with Gasteiger partial charge in [0.1, 0.15) is 5.82 Å². The molecule has 110 valence electrons. The van der Waals surface area contributed by atoms with E-state index in [1.54, 1.807) is 6.92 Å². The van der Waals surface area contributed by atoms with Gasteiger partial charge in [-0.3, -0.25) is 4.90 Å². The van der Waals surface area contributed by atoms with Crippen molar-refractivity contribution in [3.05, 3.63) is 23.9 Å². The Morgan fingerprint density at radius 1 is 1.25 bits per heavy atom. The van der Waals surface area contributed by atoms with Crippen LogP contribution in [0, 0.1) is 0 Å². The number of likely N-dealkylation sites (tertiary alicyclic amines) is 1. The van der Waals surface area contributed by atoms with E-state index >= 15 is 0 Å². The number of nitrogens with zero attached hydrogens (tertiary/aromatic N) is 3. The van der Waals surface area contributed by atoms with Gasteiger partial charge in [0.05, 0.1) is 6.10 Å². The molecular weight excluding hydrogens is 250 g/mol. The molecule has 2 aliphatic rings. The van der Waals surface area contributed by atoms with Gasteiger partial charge in [-0.15, -0.1) is 0 Å². The maximum Gasteiger partial charge on any atom is 0.128 e. The van der Waals surface area contributed by atoms with E-state index in [2.05, 4.69) is 14.8 Å². The lowest BCUT2D eigenvalue weighted by molar-refractivity contribution is 0.174. The molecule has 1 unspecified atom stereocenters. The Balaban J connectivity index is 1.65. The van der Waals surface area contributed by atoms with Crippen molar-refractivity contribution in [2.24, 2.45) is 0 Å². The van der Waals surface area contributed by atoms with Crippen molar-refractivity contribution in [1.82, 2.24) is 9.88 Å². The SMILES string of the molecule is C[C@@H](O)c1ccnc(N2CCC(N3CCCCC3)C2)c1. The number of rotatable bonds is 3. The van der Waals surface area contributed by atoms with Gasteiger partial charge in [-0.1, -0.05) is 6.42 Å². The molecule has 0 aliphatic carbocycles. The molecule has 2 atom stereocenters. The van der Waals surface area contributed by atoms with Crippen LogP contribution in [0.1, 0.15) is 44.3 Å². The minimum atomic E-state index is -0.419. The highest BCUT2D eigenvalue weighted by Crippen LogP contribution is 2.25. The zero-order chi connectivity index (χ0) is 13.9. The topological polar surface area (TPSA) is 39.6 Å². The first-order valence-electron chi connectivity index (χ1n) is 7.87. The smallest absolute Gasteiger partial charge is 0.128 e. The number of aliphatic hydroxyl groups excluding tert-OH is 1. The zero-order valence-corrected chi connectivity index (χ0v) is 12.3. The fourth-order valence-corrected chi connectivity index (χ4v) is 3.40. The van der Waals surface area contributed by atoms with Crippen LogP contribution in [-0.2, 0) is 0 Å². The minimum Gasteiger partial charge on any atom is -0.389 e. The molecule has 2 saturated heterocycles. The predicted molar refractivity (Wildman–Crippen MR) is 80.9 cm³/mol. The Hall–Kier alpha value is -1.13. The van der Waals surface area contributed by atoms with Crippen LogP contribution < -0.4 is 4.90 Å². The first-order chi connectivity index (χ1) is 9.74. The number of piperidine rings is 1. The average molecular weight is 275 g/mol. The molecule has 4 heteroatoms. The number of aliphatic hydroxyl groups is 1. The molecule has 0 amide bonds. The minimum absolute atomic E-state index is 0.419. The van der Waals surface area contributed by atoms with Crippen LogP contribution in [-0.4, -0.2) is 47.2 Å². The maximum atomic E-state index is 9.69. The van der Waals surface area contributed by atoms with Crippen molar-refractivity contribution in [1.29, 1.82) is 0 Å². The Bertz CT molecular complexity index is 443. The predicted octanol–water partition coefficient (Wildman–Crippen LogP) is 2.20. The van der Waals surface area contributed by atoms with Gasteiger partial charge >= 0.3 is 0 Å². The molecule has 2 fully saturated rings. The first kappa shape index (κ1) is 13.8. The third-order valence-electron chi connectivity index (χ3n) is 4.65. The molecule has 4 nitrogen and oxygen atoms in total. The molecule has 1 N–H and O–H groups in total. The van der Waals surface area contributed by atoms with E-state index in [1.807, 2.05) is 18.3 Å². The van der Waals surface area contributed by atoms with Gasteiger partial charge in [0, 0.05) is 25.3 Å². The molecule has 0 spiro atoms. The Kier molecular flexibility index (Phi) is 4.22. The molecule has 3 rings (SSSR count). The highest BCUT2D eigenvalue weighted by molar-refractivity contribution is 5.43. The summed E-state index contributed by atoms with van der Waals surface area (Å²) in [5.74, 6) is 1.02. The van der Waals surface area contributed by atoms with E-state index in [-0.39, 0.29) is 0 Å². The van der Waals surface area contributed by atoms with Crippen LogP contribution in [0.4, 0.5) is 5.82 Å². The molecule has 1 aromatic rings. The summed E-state index contributed by atoms with van der Waals surface area (Å²) in [6.45, 7) is 6.49. The van der Waals surface area contributed by atoms with Gasteiger partial charge in [-0.2, -0.15) is 0 Å². The molecule has 3 heterocycles. The largest absolute Gasteiger partial charge is 0.389 e. The number of anilines is 1. The fraction of sp³-hybridized carbons (Fsp3) is 0.688. The normalized spacial score (nSPS) is 25.9. The molecular formula is C16H25N3O. The van der Waals surface area contributed by atoms with Crippen molar-refractivity contribution in [2.75, 3.05) is 31.1 Å². The van der Waals surface area contributed by atoms with E-state index < -0.39 is 6.10 Å². The summed E-state index contributed by atoms with van der Waals surface area (Å²) in [5.41, 5.74) is 0.955. The van der Waals surface area contributed by atoms with Crippen molar-refractivity contribution < 1.29 is 5.11 Å². The third kappa shape index (κ3) is 2.96. The number of hydrogen-bond donors (Lipinski definition) is 1. The van der Waals surface area contributed by atoms with Crippen molar-refractivity contribution in [3.63, 3.8) is 0 Å². The van der Waals surface area contributed by atoms with E-state index in [0.29, 0.717) is 6.04 Å². The summed E-state index contributed by atoms with van der Waals surface area (Å²) in [4.78, 5) is 9.50. The van der Waals surface area contributed by atoms with Crippen molar-refractivity contribution in [2.45, 2.75) is 44.8 Å². The van der Waals surface area contributed by atoms with Crippen LogP contribution in [0.25, 0.3) is 0 Å². The Morgan fingerprint density at radius 2 is 2.05 bits per heavy atom. The maximum absolute atomic E-state index is 9.69. The summed E-state index contributed by atoms with van der Waals surface area (Å²) in [6, 6.07) is 4.61. The summed E-state index contributed by atoms with van der Waals surface area (Å²) in [6.07, 6.45) is 6.73. The van der Waals surface area contributed by atoms with Crippen LogP contribution in [0.2, 0.25) is 0 Å². The second-order valence-corrected chi connectivity index (χ2v) is 6.11. The first-order valence-corrected chi connectivity index (χ1v) is 7.87. The second-order valence-electron chi connectivity index (χ2n) is 6.11. The third-order valence-corrected chi connectivity index (χ3v) is 4.65. The van der Waals surface area contributed by atoms with Gasteiger partial charge in [-0.05, 0) is 57.0 Å². The summed E-state index contributed by atoms with van der Waals surface area (Å²) < 4.78 is 0. The molecule has 20 heavy (non-hydrogen) atoms. The molecule has 0 saturated carbocycles. The molecule has 0 bridgehead atoms. The van der Waals surface area contributed by atoms with E-state index in [9.17, 15) is 5.11 Å². The van der Waals surface area contributed by atoms with Gasteiger partial charge < -0.3 is 10.0 Å². The number of pyridine rings is 1. The quantitative estimate of drug-likeness (QED) is 0.918. The lowest BCUT2D eigenvalue weighted by Gasteiger charge is -2.32. The molecule has 1 aromatic heterocycles. The zero-order valence-electron chi connectivity index (χ0n) is 12.3. The van der Waals surface area contributed by atoms with Gasteiger partial charge in [0.2, 0.25) is 0 Å². The Labute approximate surface area is 121 Å². The highest BCUT2D eigenvalue weighted by Gasteiger charge is 2.29. The average Bonchev–Trinajstić information content (AvgIpc) is 2.98. The van der Waals surface area contributed by atoms with E-state index in [1.165, 1.54) is 38.8 Å². The fourth-order valence-electron chi connectivity index (χ4n) is 3.40. The summed E-state index contributed by atoms with van der Waals surface area (Å²) >= 11 is 0. The van der Waals surface area contributed by atoms with Crippen LogP contribution in [0.5, 0.6) is 0 Å². The summed E-state index contributed by atoms with van der Waals surface area (Å²) in [7, 11) is 0. The van der Waals surface area contributed by atoms with Crippen molar-refractivity contribution in [3.8, 4) is 0 Å². The Morgan fingerprint density at radius 3 is 2.80 bits per heavy atom. The van der Waals surface area contributed by atoms with Crippen molar-refractivity contribution >= 4 is 5.82 Å². The van der Waals surface area contributed by atoms with Gasteiger partial charge in [-0.25, -0.2) is 4.98 Å². The monoisotopic (exact) mass is 275 g/mol.